The molecule has 1 saturated heterocycles. The second kappa shape index (κ2) is 10.5. The summed E-state index contributed by atoms with van der Waals surface area (Å²) in [7, 11) is 3.50. The van der Waals surface area contributed by atoms with Crippen molar-refractivity contribution in [1.29, 1.82) is 0 Å². The Morgan fingerprint density at radius 3 is 2.61 bits per heavy atom. The van der Waals surface area contributed by atoms with Crippen molar-refractivity contribution < 1.29 is 9.53 Å². The third-order valence-corrected chi connectivity index (χ3v) is 4.01. The first-order valence-corrected chi connectivity index (χ1v) is 8.71. The smallest absolute Gasteiger partial charge is 0.243 e. The Morgan fingerprint density at radius 1 is 1.30 bits per heavy atom. The van der Waals surface area contributed by atoms with E-state index >= 15 is 0 Å². The summed E-state index contributed by atoms with van der Waals surface area (Å²) in [5.74, 6) is 1.95. The molecular weight excluding hydrogens is 292 g/mol. The highest BCUT2D eigenvalue weighted by molar-refractivity contribution is 5.84. The molecule has 0 bridgehead atoms. The van der Waals surface area contributed by atoms with Gasteiger partial charge in [0.2, 0.25) is 5.91 Å². The minimum atomic E-state index is 0.00475. The topological polar surface area (TPSA) is 66.0 Å². The second-order valence-corrected chi connectivity index (χ2v) is 7.08. The molecule has 1 aliphatic heterocycles. The second-order valence-electron chi connectivity index (χ2n) is 7.08. The summed E-state index contributed by atoms with van der Waals surface area (Å²) in [6.45, 7) is 9.27. The van der Waals surface area contributed by atoms with Crippen LogP contribution in [0.3, 0.4) is 0 Å². The van der Waals surface area contributed by atoms with Crippen LogP contribution in [0.4, 0.5) is 0 Å². The molecule has 0 aromatic rings. The fourth-order valence-corrected chi connectivity index (χ4v) is 2.31. The first-order chi connectivity index (χ1) is 10.9. The Hall–Kier alpha value is -1.30. The molecule has 2 atom stereocenters. The molecule has 2 unspecified atom stereocenters. The van der Waals surface area contributed by atoms with Gasteiger partial charge in [0.15, 0.2) is 5.96 Å². The third-order valence-electron chi connectivity index (χ3n) is 4.01. The summed E-state index contributed by atoms with van der Waals surface area (Å²) < 4.78 is 5.40. The number of amides is 1. The fourth-order valence-electron chi connectivity index (χ4n) is 2.31. The highest BCUT2D eigenvalue weighted by Gasteiger charge is 2.16. The maximum Gasteiger partial charge on any atom is 0.243 e. The molecule has 2 N–H and O–H groups in total. The lowest BCUT2D eigenvalue weighted by Crippen LogP contribution is -2.44. The fraction of sp³-hybridized carbons (Fsp3) is 0.882. The Balaban J connectivity index is 2.51. The number of hydrogen-bond donors (Lipinski definition) is 2. The number of ether oxygens (including phenoxy) is 1. The summed E-state index contributed by atoms with van der Waals surface area (Å²) in [5.41, 5.74) is 0. The molecule has 1 aliphatic rings. The van der Waals surface area contributed by atoms with Gasteiger partial charge in [0.25, 0.3) is 0 Å². The van der Waals surface area contributed by atoms with Crippen LogP contribution < -0.4 is 10.6 Å². The van der Waals surface area contributed by atoms with Crippen LogP contribution in [-0.4, -0.2) is 63.2 Å². The van der Waals surface area contributed by atoms with Crippen molar-refractivity contribution >= 4 is 11.9 Å². The van der Waals surface area contributed by atoms with Gasteiger partial charge < -0.3 is 20.3 Å². The van der Waals surface area contributed by atoms with Crippen LogP contribution in [0.25, 0.3) is 0 Å². The first kappa shape index (κ1) is 19.7. The van der Waals surface area contributed by atoms with E-state index in [0.29, 0.717) is 17.9 Å². The number of nitrogens with one attached hydrogen (secondary N) is 2. The molecule has 1 amide bonds. The highest BCUT2D eigenvalue weighted by atomic mass is 16.5. The molecule has 134 valence electrons. The quantitative estimate of drug-likeness (QED) is 0.524. The normalized spacial score (nSPS) is 19.7. The number of nitrogens with zero attached hydrogens (tertiary/aromatic N) is 2. The lowest BCUT2D eigenvalue weighted by molar-refractivity contribution is -0.127. The monoisotopic (exact) mass is 326 g/mol. The lowest BCUT2D eigenvalue weighted by Gasteiger charge is -2.20. The predicted octanol–water partition coefficient (Wildman–Crippen LogP) is 1.47. The predicted molar refractivity (Wildman–Crippen MR) is 94.6 cm³/mol. The minimum Gasteiger partial charge on any atom is -0.381 e. The number of guanidine groups is 1. The standard InChI is InChI=1S/C17H34N4O2/c1-13(2)6-7-14(3)20-17(19-11-16(22)21(4)5)18-10-15-8-9-23-12-15/h13-15H,6-12H2,1-5H3,(H2,18,19,20). The van der Waals surface area contributed by atoms with E-state index in [0.717, 1.165) is 38.6 Å². The molecule has 6 heteroatoms. The zero-order valence-electron chi connectivity index (χ0n) is 15.4. The summed E-state index contributed by atoms with van der Waals surface area (Å²) in [6.07, 6.45) is 3.35. The van der Waals surface area contributed by atoms with Crippen LogP contribution in [0.2, 0.25) is 0 Å². The van der Waals surface area contributed by atoms with Crippen LogP contribution >= 0.6 is 0 Å². The molecule has 0 saturated carbocycles. The molecule has 0 aliphatic carbocycles. The van der Waals surface area contributed by atoms with Crippen molar-refractivity contribution in [3.63, 3.8) is 0 Å². The van der Waals surface area contributed by atoms with Gasteiger partial charge in [0, 0.05) is 39.2 Å². The zero-order valence-corrected chi connectivity index (χ0v) is 15.4. The van der Waals surface area contributed by atoms with Crippen molar-refractivity contribution in [2.75, 3.05) is 40.4 Å². The Bertz CT molecular complexity index is 377. The largest absolute Gasteiger partial charge is 0.381 e. The number of aliphatic imine (C=N–C) groups is 1. The van der Waals surface area contributed by atoms with Crippen molar-refractivity contribution in [1.82, 2.24) is 15.5 Å². The summed E-state index contributed by atoms with van der Waals surface area (Å²) in [5, 5.41) is 6.78. The molecule has 23 heavy (non-hydrogen) atoms. The molecule has 6 nitrogen and oxygen atoms in total. The van der Waals surface area contributed by atoms with Gasteiger partial charge >= 0.3 is 0 Å². The van der Waals surface area contributed by atoms with Gasteiger partial charge in [-0.1, -0.05) is 13.8 Å². The van der Waals surface area contributed by atoms with E-state index in [-0.39, 0.29) is 12.5 Å². The average molecular weight is 326 g/mol. The van der Waals surface area contributed by atoms with E-state index in [1.165, 1.54) is 6.42 Å². The van der Waals surface area contributed by atoms with Crippen molar-refractivity contribution in [2.24, 2.45) is 16.8 Å². The van der Waals surface area contributed by atoms with Crippen molar-refractivity contribution in [3.05, 3.63) is 0 Å². The summed E-state index contributed by atoms with van der Waals surface area (Å²) in [6, 6.07) is 0.331. The van der Waals surface area contributed by atoms with Crippen LogP contribution in [-0.2, 0) is 9.53 Å². The van der Waals surface area contributed by atoms with Gasteiger partial charge in [-0.2, -0.15) is 0 Å². The average Bonchev–Trinajstić information content (AvgIpc) is 3.00. The number of carbonyl (C=O) groups is 1. The van der Waals surface area contributed by atoms with E-state index in [4.69, 9.17) is 4.74 Å². The van der Waals surface area contributed by atoms with E-state index < -0.39 is 0 Å². The van der Waals surface area contributed by atoms with E-state index in [9.17, 15) is 4.79 Å². The van der Waals surface area contributed by atoms with Gasteiger partial charge in [-0.25, -0.2) is 4.99 Å². The zero-order chi connectivity index (χ0) is 17.2. The molecule has 0 radical (unpaired) electrons. The van der Waals surface area contributed by atoms with E-state index in [1.807, 2.05) is 0 Å². The van der Waals surface area contributed by atoms with E-state index in [1.54, 1.807) is 19.0 Å². The molecule has 1 rings (SSSR count). The number of rotatable bonds is 8. The Labute approximate surface area is 141 Å². The van der Waals surface area contributed by atoms with Crippen molar-refractivity contribution in [2.45, 2.75) is 46.1 Å². The maximum atomic E-state index is 11.8. The molecule has 1 fully saturated rings. The Morgan fingerprint density at radius 2 is 2.04 bits per heavy atom. The van der Waals surface area contributed by atoms with Gasteiger partial charge in [0.05, 0.1) is 6.61 Å². The van der Waals surface area contributed by atoms with Gasteiger partial charge in [-0.05, 0) is 32.1 Å². The first-order valence-electron chi connectivity index (χ1n) is 8.71. The SMILES string of the molecule is CC(C)CCC(C)NC(=NCC(=O)N(C)C)NCC1CCOC1. The molecule has 1 heterocycles. The van der Waals surface area contributed by atoms with Gasteiger partial charge in [-0.15, -0.1) is 0 Å². The lowest BCUT2D eigenvalue weighted by atomic mass is 10.0. The van der Waals surface area contributed by atoms with Gasteiger partial charge in [0.1, 0.15) is 6.54 Å². The minimum absolute atomic E-state index is 0.00475. The summed E-state index contributed by atoms with van der Waals surface area (Å²) >= 11 is 0. The van der Waals surface area contributed by atoms with Crippen LogP contribution in [0.15, 0.2) is 4.99 Å². The van der Waals surface area contributed by atoms with Gasteiger partial charge in [-0.3, -0.25) is 4.79 Å². The Kier molecular flexibility index (Phi) is 8.99. The maximum absolute atomic E-state index is 11.8. The van der Waals surface area contributed by atoms with Crippen molar-refractivity contribution in [3.8, 4) is 0 Å². The number of likely N-dealkylation sites (N-methyl/N-ethyl adjacent to an activating group) is 1. The molecular formula is C17H34N4O2. The number of hydrogen-bond acceptors (Lipinski definition) is 3. The summed E-state index contributed by atoms with van der Waals surface area (Å²) in [4.78, 5) is 17.8. The van der Waals surface area contributed by atoms with E-state index in [2.05, 4.69) is 36.4 Å². The molecule has 0 aromatic heterocycles. The van der Waals surface area contributed by atoms with Crippen LogP contribution in [0, 0.1) is 11.8 Å². The highest BCUT2D eigenvalue weighted by Crippen LogP contribution is 2.10. The number of carbonyl (C=O) groups excluding carboxylic acids is 1. The van der Waals surface area contributed by atoms with Crippen LogP contribution in [0.5, 0.6) is 0 Å². The molecule has 0 aromatic carbocycles. The molecule has 0 spiro atoms. The third kappa shape index (κ3) is 8.79. The van der Waals surface area contributed by atoms with Crippen LogP contribution in [0.1, 0.15) is 40.0 Å².